The second-order valence-electron chi connectivity index (χ2n) is 5.28. The Morgan fingerprint density at radius 3 is 2.59 bits per heavy atom. The zero-order valence-corrected chi connectivity index (χ0v) is 10.7. The predicted molar refractivity (Wildman–Crippen MR) is 70.5 cm³/mol. The molecule has 0 aliphatic heterocycles. The van der Waals surface area contributed by atoms with Crippen LogP contribution in [0.5, 0.6) is 5.88 Å². The quantitative estimate of drug-likeness (QED) is 0.839. The van der Waals surface area contributed by atoms with Crippen molar-refractivity contribution in [3.63, 3.8) is 0 Å². The number of hydrogen-bond acceptors (Lipinski definition) is 3. The summed E-state index contributed by atoms with van der Waals surface area (Å²) in [5, 5.41) is 13.1. The molecule has 1 heterocycles. The molecule has 0 aromatic carbocycles. The molecule has 1 fully saturated rings. The topological polar surface area (TPSA) is 45.2 Å². The van der Waals surface area contributed by atoms with Crippen molar-refractivity contribution >= 4 is 5.82 Å². The average molecular weight is 234 g/mol. The number of pyridine rings is 1. The summed E-state index contributed by atoms with van der Waals surface area (Å²) < 4.78 is 0. The van der Waals surface area contributed by atoms with Crippen molar-refractivity contribution in [2.24, 2.45) is 0 Å². The Kier molecular flexibility index (Phi) is 3.87. The minimum atomic E-state index is 0.120. The Labute approximate surface area is 103 Å². The van der Waals surface area contributed by atoms with Crippen molar-refractivity contribution in [1.82, 2.24) is 4.98 Å². The van der Waals surface area contributed by atoms with Gasteiger partial charge in [0.2, 0.25) is 5.88 Å². The predicted octanol–water partition coefficient (Wildman–Crippen LogP) is 3.66. The third-order valence-corrected chi connectivity index (χ3v) is 3.46. The van der Waals surface area contributed by atoms with Gasteiger partial charge in [-0.05, 0) is 30.4 Å². The lowest BCUT2D eigenvalue weighted by Crippen LogP contribution is -2.22. The van der Waals surface area contributed by atoms with Crippen LogP contribution in [0.15, 0.2) is 12.1 Å². The molecule has 94 valence electrons. The molecule has 2 rings (SSSR count). The average Bonchev–Trinajstić information content (AvgIpc) is 2.29. The van der Waals surface area contributed by atoms with Gasteiger partial charge in [0.1, 0.15) is 5.82 Å². The van der Waals surface area contributed by atoms with E-state index < -0.39 is 0 Å². The van der Waals surface area contributed by atoms with Crippen LogP contribution in [0.4, 0.5) is 5.82 Å². The van der Waals surface area contributed by atoms with Gasteiger partial charge in [0, 0.05) is 12.1 Å². The highest BCUT2D eigenvalue weighted by Crippen LogP contribution is 2.25. The monoisotopic (exact) mass is 234 g/mol. The van der Waals surface area contributed by atoms with E-state index in [1.165, 1.54) is 32.1 Å². The Bertz CT molecular complexity index is 370. The third kappa shape index (κ3) is 3.35. The van der Waals surface area contributed by atoms with Gasteiger partial charge in [-0.2, -0.15) is 4.98 Å². The molecule has 0 unspecified atom stereocenters. The van der Waals surface area contributed by atoms with E-state index in [9.17, 15) is 5.11 Å². The van der Waals surface area contributed by atoms with Crippen molar-refractivity contribution in [1.29, 1.82) is 0 Å². The number of hydrogen-bond donors (Lipinski definition) is 2. The molecule has 0 radical (unpaired) electrons. The van der Waals surface area contributed by atoms with Gasteiger partial charge in [-0.1, -0.05) is 33.1 Å². The van der Waals surface area contributed by atoms with Crippen molar-refractivity contribution in [3.05, 3.63) is 17.7 Å². The summed E-state index contributed by atoms with van der Waals surface area (Å²) in [6, 6.07) is 4.33. The fourth-order valence-corrected chi connectivity index (χ4v) is 2.40. The molecule has 0 saturated heterocycles. The molecule has 1 aliphatic rings. The first kappa shape index (κ1) is 12.2. The molecule has 0 bridgehead atoms. The van der Waals surface area contributed by atoms with Crippen LogP contribution in [0, 0.1) is 0 Å². The molecule has 17 heavy (non-hydrogen) atoms. The molecule has 1 aliphatic carbocycles. The summed E-state index contributed by atoms with van der Waals surface area (Å²) in [6.07, 6.45) is 6.38. The largest absolute Gasteiger partial charge is 0.493 e. The van der Waals surface area contributed by atoms with Crippen molar-refractivity contribution in [3.8, 4) is 5.88 Å². The minimum absolute atomic E-state index is 0.120. The number of aromatic hydroxyl groups is 1. The van der Waals surface area contributed by atoms with Gasteiger partial charge in [-0.25, -0.2) is 0 Å². The van der Waals surface area contributed by atoms with Crippen LogP contribution in [-0.4, -0.2) is 16.1 Å². The minimum Gasteiger partial charge on any atom is -0.493 e. The van der Waals surface area contributed by atoms with Gasteiger partial charge in [0.05, 0.1) is 0 Å². The summed E-state index contributed by atoms with van der Waals surface area (Å²) in [6.45, 7) is 4.25. The number of aromatic nitrogens is 1. The normalized spacial score (nSPS) is 17.4. The van der Waals surface area contributed by atoms with Gasteiger partial charge >= 0.3 is 0 Å². The van der Waals surface area contributed by atoms with E-state index in [0.29, 0.717) is 12.0 Å². The molecule has 3 heteroatoms. The highest BCUT2D eigenvalue weighted by atomic mass is 16.3. The maximum absolute atomic E-state index is 9.62. The summed E-state index contributed by atoms with van der Waals surface area (Å²) in [5.41, 5.74) is 1.14. The first-order chi connectivity index (χ1) is 8.15. The SMILES string of the molecule is CC(C)c1cc(O)nc(NC2CCCCC2)c1. The summed E-state index contributed by atoms with van der Waals surface area (Å²) in [4.78, 5) is 4.15. The van der Waals surface area contributed by atoms with Gasteiger partial charge < -0.3 is 10.4 Å². The Morgan fingerprint density at radius 2 is 1.94 bits per heavy atom. The van der Waals surface area contributed by atoms with Gasteiger partial charge in [-0.3, -0.25) is 0 Å². The van der Waals surface area contributed by atoms with E-state index in [-0.39, 0.29) is 5.88 Å². The first-order valence-corrected chi connectivity index (χ1v) is 6.62. The number of nitrogens with zero attached hydrogens (tertiary/aromatic N) is 1. The Balaban J connectivity index is 2.09. The second kappa shape index (κ2) is 5.39. The standard InChI is InChI=1S/C14H22N2O/c1-10(2)11-8-13(16-14(17)9-11)15-12-6-4-3-5-7-12/h8-10,12H,3-7H2,1-2H3,(H2,15,16,17). The molecule has 3 nitrogen and oxygen atoms in total. The highest BCUT2D eigenvalue weighted by molar-refractivity contribution is 5.43. The molecule has 0 atom stereocenters. The van der Waals surface area contributed by atoms with Crippen LogP contribution >= 0.6 is 0 Å². The van der Waals surface area contributed by atoms with Gasteiger partial charge in [-0.15, -0.1) is 0 Å². The zero-order chi connectivity index (χ0) is 12.3. The third-order valence-electron chi connectivity index (χ3n) is 3.46. The number of nitrogens with one attached hydrogen (secondary N) is 1. The fourth-order valence-electron chi connectivity index (χ4n) is 2.40. The van der Waals surface area contributed by atoms with Crippen molar-refractivity contribution in [2.45, 2.75) is 57.9 Å². The van der Waals surface area contributed by atoms with Gasteiger partial charge in [0.15, 0.2) is 0 Å². The van der Waals surface area contributed by atoms with E-state index in [1.807, 2.05) is 0 Å². The van der Waals surface area contributed by atoms with Crippen LogP contribution in [0.1, 0.15) is 57.4 Å². The maximum atomic E-state index is 9.62. The smallest absolute Gasteiger partial charge is 0.212 e. The molecule has 2 N–H and O–H groups in total. The van der Waals surface area contributed by atoms with E-state index in [1.54, 1.807) is 6.07 Å². The lowest BCUT2D eigenvalue weighted by atomic mass is 9.95. The van der Waals surface area contributed by atoms with Crippen LogP contribution in [0.25, 0.3) is 0 Å². The van der Waals surface area contributed by atoms with E-state index in [0.717, 1.165) is 11.4 Å². The summed E-state index contributed by atoms with van der Waals surface area (Å²) >= 11 is 0. The lowest BCUT2D eigenvalue weighted by molar-refractivity contribution is 0.447. The van der Waals surface area contributed by atoms with Crippen molar-refractivity contribution in [2.75, 3.05) is 5.32 Å². The molecule has 1 saturated carbocycles. The van der Waals surface area contributed by atoms with E-state index >= 15 is 0 Å². The summed E-state index contributed by atoms with van der Waals surface area (Å²) in [7, 11) is 0. The van der Waals surface area contributed by atoms with Crippen LogP contribution in [0.3, 0.4) is 0 Å². The Morgan fingerprint density at radius 1 is 1.24 bits per heavy atom. The second-order valence-corrected chi connectivity index (χ2v) is 5.28. The van der Waals surface area contributed by atoms with Gasteiger partial charge in [0.25, 0.3) is 0 Å². The molecule has 1 aromatic rings. The molecular weight excluding hydrogens is 212 g/mol. The Hall–Kier alpha value is -1.25. The molecule has 1 aromatic heterocycles. The number of rotatable bonds is 3. The van der Waals surface area contributed by atoms with E-state index in [2.05, 4.69) is 30.2 Å². The maximum Gasteiger partial charge on any atom is 0.212 e. The zero-order valence-electron chi connectivity index (χ0n) is 10.7. The first-order valence-electron chi connectivity index (χ1n) is 6.62. The summed E-state index contributed by atoms with van der Waals surface area (Å²) in [5.74, 6) is 1.35. The highest BCUT2D eigenvalue weighted by Gasteiger charge is 2.14. The van der Waals surface area contributed by atoms with E-state index in [4.69, 9.17) is 0 Å². The van der Waals surface area contributed by atoms with Crippen LogP contribution in [-0.2, 0) is 0 Å². The fraction of sp³-hybridized carbons (Fsp3) is 0.643. The molecule has 0 spiro atoms. The van der Waals surface area contributed by atoms with Crippen LogP contribution < -0.4 is 5.32 Å². The van der Waals surface area contributed by atoms with Crippen molar-refractivity contribution < 1.29 is 5.11 Å². The molecular formula is C14H22N2O. The molecule has 0 amide bonds. The van der Waals surface area contributed by atoms with Crippen LogP contribution in [0.2, 0.25) is 0 Å². The number of anilines is 1. The lowest BCUT2D eigenvalue weighted by Gasteiger charge is -2.23.